The third-order valence-electron chi connectivity index (χ3n) is 10.6. The van der Waals surface area contributed by atoms with Gasteiger partial charge in [-0.05, 0) is 105 Å². The number of fused-ring (bicyclic) bond motifs is 3. The van der Waals surface area contributed by atoms with Gasteiger partial charge in [0.2, 0.25) is 15.9 Å². The molecular formula is C36H48ClN3O6S. The van der Waals surface area contributed by atoms with Crippen molar-refractivity contribution in [3.8, 4) is 5.75 Å². The first kappa shape index (κ1) is 35.2. The summed E-state index contributed by atoms with van der Waals surface area (Å²) in [6.07, 6.45) is 8.14. The van der Waals surface area contributed by atoms with Gasteiger partial charge in [0.15, 0.2) is 0 Å². The number of sulfonamides is 1. The normalized spacial score (nSPS) is 29.3. The largest absolute Gasteiger partial charge is 0.487 e. The molecule has 2 N–H and O–H groups in total. The summed E-state index contributed by atoms with van der Waals surface area (Å²) < 4.78 is 35.5. The Morgan fingerprint density at radius 1 is 1.13 bits per heavy atom. The van der Waals surface area contributed by atoms with E-state index < -0.39 is 32.7 Å². The van der Waals surface area contributed by atoms with Crippen LogP contribution in [0.4, 0.5) is 5.69 Å². The maximum absolute atomic E-state index is 13.5. The highest BCUT2D eigenvalue weighted by molar-refractivity contribution is 7.90. The van der Waals surface area contributed by atoms with E-state index in [0.29, 0.717) is 42.6 Å². The summed E-state index contributed by atoms with van der Waals surface area (Å²) in [5, 5.41) is 12.2. The van der Waals surface area contributed by atoms with Gasteiger partial charge >= 0.3 is 0 Å². The summed E-state index contributed by atoms with van der Waals surface area (Å²) in [4.78, 5) is 30.5. The molecule has 11 heteroatoms. The number of rotatable bonds is 2. The van der Waals surface area contributed by atoms with Gasteiger partial charge in [-0.3, -0.25) is 9.59 Å². The molecule has 5 rings (SSSR count). The molecule has 0 radical (unpaired) electrons. The summed E-state index contributed by atoms with van der Waals surface area (Å²) >= 11 is 6.34. The molecule has 2 aromatic rings. The van der Waals surface area contributed by atoms with E-state index in [2.05, 4.69) is 9.62 Å². The Bertz CT molecular complexity index is 1630. The van der Waals surface area contributed by atoms with Gasteiger partial charge in [-0.1, -0.05) is 43.7 Å². The lowest BCUT2D eigenvalue weighted by Crippen LogP contribution is -2.56. The van der Waals surface area contributed by atoms with Crippen molar-refractivity contribution in [2.24, 2.45) is 23.7 Å². The van der Waals surface area contributed by atoms with Gasteiger partial charge in [0.1, 0.15) is 12.4 Å². The van der Waals surface area contributed by atoms with Gasteiger partial charge in [0, 0.05) is 37.8 Å². The first-order valence-electron chi connectivity index (χ1n) is 16.7. The number of benzene rings is 2. The van der Waals surface area contributed by atoms with E-state index in [4.69, 9.17) is 16.3 Å². The van der Waals surface area contributed by atoms with Crippen LogP contribution in [0.3, 0.4) is 0 Å². The third-order valence-corrected chi connectivity index (χ3v) is 12.8. The van der Waals surface area contributed by atoms with Crippen molar-refractivity contribution in [2.75, 3.05) is 32.1 Å². The number of carbonyl (C=O) groups is 2. The van der Waals surface area contributed by atoms with Crippen molar-refractivity contribution in [3.05, 3.63) is 70.3 Å². The summed E-state index contributed by atoms with van der Waals surface area (Å²) in [5.41, 5.74) is 1.67. The Labute approximate surface area is 284 Å². The van der Waals surface area contributed by atoms with E-state index >= 15 is 0 Å². The topological polar surface area (TPSA) is 116 Å². The van der Waals surface area contributed by atoms with E-state index in [9.17, 15) is 23.1 Å². The fourth-order valence-corrected chi connectivity index (χ4v) is 8.66. The summed E-state index contributed by atoms with van der Waals surface area (Å²) in [5.74, 6) is -1.46. The van der Waals surface area contributed by atoms with Crippen LogP contribution in [-0.2, 0) is 27.8 Å². The molecule has 2 bridgehead atoms. The Hall–Kier alpha value is -3.08. The number of carbonyl (C=O) groups excluding carboxylic acids is 2. The van der Waals surface area contributed by atoms with Gasteiger partial charge in [-0.2, -0.15) is 0 Å². The molecule has 2 amide bonds. The van der Waals surface area contributed by atoms with E-state index in [0.717, 1.165) is 43.2 Å². The van der Waals surface area contributed by atoms with Crippen LogP contribution < -0.4 is 14.4 Å². The average Bonchev–Trinajstić information content (AvgIpc) is 3.04. The number of amides is 2. The number of allylic oxidation sites excluding steroid dienone is 1. The molecule has 47 heavy (non-hydrogen) atoms. The number of hydrogen-bond acceptors (Lipinski definition) is 7. The van der Waals surface area contributed by atoms with Crippen LogP contribution in [0.25, 0.3) is 0 Å². The quantitative estimate of drug-likeness (QED) is 0.396. The second kappa shape index (κ2) is 14.2. The number of aryl methyl sites for hydroxylation is 1. The van der Waals surface area contributed by atoms with E-state index in [1.807, 2.05) is 31.2 Å². The second-order valence-corrected chi connectivity index (χ2v) is 16.3. The number of anilines is 1. The highest BCUT2D eigenvalue weighted by atomic mass is 35.5. The summed E-state index contributed by atoms with van der Waals surface area (Å²) in [6, 6.07) is 10.9. The highest BCUT2D eigenvalue weighted by Crippen LogP contribution is 2.48. The average molecular weight is 686 g/mol. The molecule has 9 nitrogen and oxygen atoms in total. The molecule has 0 spiro atoms. The molecule has 6 atom stereocenters. The lowest BCUT2D eigenvalue weighted by Gasteiger charge is -2.50. The monoisotopic (exact) mass is 685 g/mol. The van der Waals surface area contributed by atoms with Gasteiger partial charge in [0.05, 0.1) is 22.5 Å². The van der Waals surface area contributed by atoms with Crippen LogP contribution >= 0.6 is 11.6 Å². The maximum Gasteiger partial charge on any atom is 0.264 e. The molecule has 2 aromatic carbocycles. The zero-order valence-corrected chi connectivity index (χ0v) is 29.6. The predicted molar refractivity (Wildman–Crippen MR) is 185 cm³/mol. The number of ether oxygens (including phenoxy) is 1. The molecule has 3 aliphatic rings. The minimum atomic E-state index is -4.03. The smallest absolute Gasteiger partial charge is 0.264 e. The number of aliphatic hydroxyl groups is 1. The van der Waals surface area contributed by atoms with Gasteiger partial charge in [0.25, 0.3) is 5.91 Å². The predicted octanol–water partition coefficient (Wildman–Crippen LogP) is 5.59. The van der Waals surface area contributed by atoms with Crippen LogP contribution in [0, 0.1) is 23.7 Å². The fourth-order valence-electron chi connectivity index (χ4n) is 7.18. The maximum atomic E-state index is 13.5. The van der Waals surface area contributed by atoms with Crippen molar-refractivity contribution < 1.29 is 27.9 Å². The molecule has 0 saturated heterocycles. The molecule has 2 aliphatic heterocycles. The SMILES string of the molecule is C[C@H](C(=O)N(C)C)[C@@]1(O)/C=C/C[C@H](C)[C@@H](C)S(=O)(=O)NC(=O)c2ccc3c(c2)N(CCCCc2cc(Cl)ccc2CO3)C[C@@H]2CC[C@H]21. The van der Waals surface area contributed by atoms with Crippen LogP contribution in [-0.4, -0.2) is 68.3 Å². The number of hydrogen-bond donors (Lipinski definition) is 2. The lowest BCUT2D eigenvalue weighted by atomic mass is 9.60. The van der Waals surface area contributed by atoms with E-state index in [-0.39, 0.29) is 29.2 Å². The minimum absolute atomic E-state index is 0.0677. The van der Waals surface area contributed by atoms with Gasteiger partial charge in [-0.15, -0.1) is 0 Å². The first-order chi connectivity index (χ1) is 22.2. The van der Waals surface area contributed by atoms with Crippen LogP contribution in [0.15, 0.2) is 48.6 Å². The van der Waals surface area contributed by atoms with Crippen LogP contribution in [0.1, 0.15) is 74.4 Å². The first-order valence-corrected chi connectivity index (χ1v) is 18.6. The van der Waals surface area contributed by atoms with Crippen LogP contribution in [0.5, 0.6) is 5.75 Å². The molecule has 2 heterocycles. The minimum Gasteiger partial charge on any atom is -0.487 e. The van der Waals surface area contributed by atoms with E-state index in [1.165, 1.54) is 4.90 Å². The third kappa shape index (κ3) is 7.50. The van der Waals surface area contributed by atoms with Crippen molar-refractivity contribution in [3.63, 3.8) is 0 Å². The molecule has 0 unspecified atom stereocenters. The van der Waals surface area contributed by atoms with E-state index in [1.54, 1.807) is 52.2 Å². The summed E-state index contributed by atoms with van der Waals surface area (Å²) in [6.45, 7) is 6.72. The summed E-state index contributed by atoms with van der Waals surface area (Å²) in [7, 11) is -0.642. The molecule has 1 saturated carbocycles. The fraction of sp³-hybridized carbons (Fsp3) is 0.556. The Morgan fingerprint density at radius 3 is 2.60 bits per heavy atom. The van der Waals surface area contributed by atoms with Gasteiger partial charge < -0.3 is 19.6 Å². The Balaban J connectivity index is 1.59. The molecule has 0 aromatic heterocycles. The number of halogens is 1. The Morgan fingerprint density at radius 2 is 1.89 bits per heavy atom. The van der Waals surface area contributed by atoms with Gasteiger partial charge in [-0.25, -0.2) is 13.1 Å². The standard InChI is InChI=1S/C36H48ClN3O6S/c1-23-9-8-17-36(43,24(2)35(42)39(4)5)31-15-12-28(31)21-40-18-7-6-10-26-19-30(37)14-11-29(26)22-46-33-16-13-27(20-32(33)40)34(41)38-47(44,45)25(23)3/h8,11,13-14,16-17,19-20,23-25,28,31,43H,6-7,9-10,12,15,18,21-22H2,1-5H3,(H,38,41)/b17-8+/t23-,24+,25+,28-,31+,36-/m0/s1. The molecule has 1 aliphatic carbocycles. The Kier molecular flexibility index (Phi) is 10.6. The van der Waals surface area contributed by atoms with Crippen molar-refractivity contribution in [2.45, 2.75) is 76.8 Å². The molecular weight excluding hydrogens is 638 g/mol. The second-order valence-electron chi connectivity index (χ2n) is 13.9. The lowest BCUT2D eigenvalue weighted by molar-refractivity contribution is -0.147. The number of nitrogens with zero attached hydrogens (tertiary/aromatic N) is 2. The van der Waals surface area contributed by atoms with Crippen molar-refractivity contribution in [1.29, 1.82) is 0 Å². The zero-order valence-electron chi connectivity index (χ0n) is 28.0. The highest BCUT2D eigenvalue weighted by Gasteiger charge is 2.51. The van der Waals surface area contributed by atoms with Crippen molar-refractivity contribution >= 4 is 39.1 Å². The molecule has 256 valence electrons. The number of nitrogens with one attached hydrogen (secondary N) is 1. The van der Waals surface area contributed by atoms with Crippen LogP contribution in [0.2, 0.25) is 5.02 Å². The van der Waals surface area contributed by atoms with Crippen molar-refractivity contribution in [1.82, 2.24) is 9.62 Å². The molecule has 1 fully saturated rings. The zero-order chi connectivity index (χ0) is 34.1.